The van der Waals surface area contributed by atoms with Crippen LogP contribution in [0.5, 0.6) is 5.75 Å². The van der Waals surface area contributed by atoms with Crippen LogP contribution in [-0.4, -0.2) is 46.3 Å². The Morgan fingerprint density at radius 2 is 1.77 bits per heavy atom. The summed E-state index contributed by atoms with van der Waals surface area (Å²) in [5.41, 5.74) is 1.12. The van der Waals surface area contributed by atoms with Crippen molar-refractivity contribution in [1.82, 2.24) is 0 Å². The van der Waals surface area contributed by atoms with Gasteiger partial charge in [-0.1, -0.05) is 13.0 Å². The molecule has 0 spiro atoms. The number of ether oxygens (including phenoxy) is 2. The van der Waals surface area contributed by atoms with Gasteiger partial charge in [-0.25, -0.2) is 13.2 Å². The number of amides is 1. The molecule has 2 aromatic rings. The van der Waals surface area contributed by atoms with Crippen LogP contribution in [-0.2, 0) is 19.6 Å². The van der Waals surface area contributed by atoms with Crippen molar-refractivity contribution in [3.05, 3.63) is 54.1 Å². The molecule has 0 aliphatic carbocycles. The number of hydrogen-bond acceptors (Lipinski definition) is 6. The predicted octanol–water partition coefficient (Wildman–Crippen LogP) is 3.06. The number of rotatable bonds is 9. The van der Waals surface area contributed by atoms with Gasteiger partial charge in [0.1, 0.15) is 11.8 Å². The van der Waals surface area contributed by atoms with E-state index in [0.29, 0.717) is 22.7 Å². The van der Waals surface area contributed by atoms with E-state index in [4.69, 9.17) is 9.47 Å². The van der Waals surface area contributed by atoms with Gasteiger partial charge in [0.2, 0.25) is 15.9 Å². The van der Waals surface area contributed by atoms with Gasteiger partial charge in [0.25, 0.3) is 0 Å². The number of carbonyl (C=O) groups is 2. The fraction of sp³-hybridized carbons (Fsp3) is 0.333. The highest BCUT2D eigenvalue weighted by atomic mass is 32.2. The SMILES string of the molecule is CCOC(=O)c1ccc(NC(=O)C(CC)N(c2cccc(OC)c2)S(C)(=O)=O)cc1. The maximum atomic E-state index is 12.9. The van der Waals surface area contributed by atoms with Crippen LogP contribution < -0.4 is 14.4 Å². The van der Waals surface area contributed by atoms with Gasteiger partial charge in [-0.05, 0) is 49.7 Å². The summed E-state index contributed by atoms with van der Waals surface area (Å²) in [6.45, 7) is 3.71. The smallest absolute Gasteiger partial charge is 0.338 e. The summed E-state index contributed by atoms with van der Waals surface area (Å²) in [4.78, 5) is 24.7. The van der Waals surface area contributed by atoms with Crippen LogP contribution >= 0.6 is 0 Å². The van der Waals surface area contributed by atoms with Crippen molar-refractivity contribution in [3.63, 3.8) is 0 Å². The van der Waals surface area contributed by atoms with E-state index in [2.05, 4.69) is 5.32 Å². The molecule has 0 fully saturated rings. The lowest BCUT2D eigenvalue weighted by Gasteiger charge is -2.30. The first kappa shape index (κ1) is 23.2. The first-order valence-electron chi connectivity index (χ1n) is 9.42. The number of anilines is 2. The van der Waals surface area contributed by atoms with Crippen LogP contribution in [0.1, 0.15) is 30.6 Å². The van der Waals surface area contributed by atoms with Gasteiger partial charge in [0.15, 0.2) is 0 Å². The van der Waals surface area contributed by atoms with E-state index in [1.807, 2.05) is 0 Å². The highest BCUT2D eigenvalue weighted by Gasteiger charge is 2.31. The number of esters is 1. The molecule has 0 heterocycles. The summed E-state index contributed by atoms with van der Waals surface area (Å²) < 4.78 is 36.2. The molecular formula is C21H26N2O6S. The monoisotopic (exact) mass is 434 g/mol. The van der Waals surface area contributed by atoms with E-state index in [-0.39, 0.29) is 13.0 Å². The highest BCUT2D eigenvalue weighted by molar-refractivity contribution is 7.92. The predicted molar refractivity (Wildman–Crippen MR) is 115 cm³/mol. The quantitative estimate of drug-likeness (QED) is 0.609. The number of carbonyl (C=O) groups excluding carboxylic acids is 2. The largest absolute Gasteiger partial charge is 0.497 e. The number of hydrogen-bond donors (Lipinski definition) is 1. The molecule has 0 aliphatic heterocycles. The molecule has 1 unspecified atom stereocenters. The zero-order valence-corrected chi connectivity index (χ0v) is 18.2. The number of methoxy groups -OCH3 is 1. The minimum atomic E-state index is -3.76. The minimum Gasteiger partial charge on any atom is -0.497 e. The number of nitrogens with one attached hydrogen (secondary N) is 1. The molecular weight excluding hydrogens is 408 g/mol. The molecule has 0 saturated carbocycles. The van der Waals surface area contributed by atoms with Gasteiger partial charge < -0.3 is 14.8 Å². The number of benzene rings is 2. The molecule has 1 atom stereocenters. The van der Waals surface area contributed by atoms with Crippen LogP contribution in [0, 0.1) is 0 Å². The lowest BCUT2D eigenvalue weighted by Crippen LogP contribution is -2.47. The van der Waals surface area contributed by atoms with E-state index >= 15 is 0 Å². The lowest BCUT2D eigenvalue weighted by molar-refractivity contribution is -0.117. The lowest BCUT2D eigenvalue weighted by atomic mass is 10.1. The van der Waals surface area contributed by atoms with Gasteiger partial charge in [0, 0.05) is 11.8 Å². The van der Waals surface area contributed by atoms with E-state index in [0.717, 1.165) is 10.6 Å². The van der Waals surface area contributed by atoms with Gasteiger partial charge in [0.05, 0.1) is 31.2 Å². The third-order valence-electron chi connectivity index (χ3n) is 4.30. The van der Waals surface area contributed by atoms with Crippen molar-refractivity contribution >= 4 is 33.3 Å². The Labute approximate surface area is 176 Å². The Morgan fingerprint density at radius 3 is 2.30 bits per heavy atom. The van der Waals surface area contributed by atoms with Crippen LogP contribution in [0.3, 0.4) is 0 Å². The highest BCUT2D eigenvalue weighted by Crippen LogP contribution is 2.27. The molecule has 2 aromatic carbocycles. The molecule has 0 radical (unpaired) electrons. The zero-order valence-electron chi connectivity index (χ0n) is 17.4. The van der Waals surface area contributed by atoms with E-state index < -0.39 is 27.9 Å². The van der Waals surface area contributed by atoms with E-state index in [1.165, 1.54) is 19.2 Å². The Hall–Kier alpha value is -3.07. The first-order chi connectivity index (χ1) is 14.2. The molecule has 1 N–H and O–H groups in total. The molecule has 30 heavy (non-hydrogen) atoms. The summed E-state index contributed by atoms with van der Waals surface area (Å²) in [7, 11) is -2.28. The number of nitrogens with zero attached hydrogens (tertiary/aromatic N) is 1. The zero-order chi connectivity index (χ0) is 22.3. The van der Waals surface area contributed by atoms with Crippen LogP contribution in [0.15, 0.2) is 48.5 Å². The summed E-state index contributed by atoms with van der Waals surface area (Å²) in [6.07, 6.45) is 1.30. The topological polar surface area (TPSA) is 102 Å². The molecule has 2 rings (SSSR count). The second-order valence-corrected chi connectivity index (χ2v) is 8.33. The second kappa shape index (κ2) is 10.1. The fourth-order valence-electron chi connectivity index (χ4n) is 2.94. The third-order valence-corrected chi connectivity index (χ3v) is 5.48. The summed E-state index contributed by atoms with van der Waals surface area (Å²) >= 11 is 0. The van der Waals surface area contributed by atoms with Gasteiger partial charge in [-0.15, -0.1) is 0 Å². The summed E-state index contributed by atoms with van der Waals surface area (Å²) in [5.74, 6) is -0.469. The fourth-order valence-corrected chi connectivity index (χ4v) is 4.14. The van der Waals surface area contributed by atoms with Crippen LogP contribution in [0.2, 0.25) is 0 Å². The van der Waals surface area contributed by atoms with Crippen molar-refractivity contribution in [2.45, 2.75) is 26.3 Å². The second-order valence-electron chi connectivity index (χ2n) is 6.47. The van der Waals surface area contributed by atoms with Gasteiger partial charge in [-0.3, -0.25) is 9.10 Å². The van der Waals surface area contributed by atoms with Crippen LogP contribution in [0.4, 0.5) is 11.4 Å². The Morgan fingerprint density at radius 1 is 1.10 bits per heavy atom. The Balaban J connectivity index is 2.28. The van der Waals surface area contributed by atoms with Crippen LogP contribution in [0.25, 0.3) is 0 Å². The Kier molecular flexibility index (Phi) is 7.82. The summed E-state index contributed by atoms with van der Waals surface area (Å²) in [6, 6.07) is 11.7. The standard InChI is InChI=1S/C21H26N2O6S/c1-5-19(23(30(4,26)27)17-8-7-9-18(14-17)28-3)20(24)22-16-12-10-15(11-13-16)21(25)29-6-2/h7-14,19H,5-6H2,1-4H3,(H,22,24). The first-order valence-corrected chi connectivity index (χ1v) is 11.3. The number of sulfonamides is 1. The molecule has 1 amide bonds. The Bertz CT molecular complexity index is 989. The molecule has 0 aromatic heterocycles. The minimum absolute atomic E-state index is 0.247. The van der Waals surface area contributed by atoms with Gasteiger partial charge >= 0.3 is 5.97 Å². The summed E-state index contributed by atoms with van der Waals surface area (Å²) in [5, 5.41) is 2.71. The van der Waals surface area contributed by atoms with Gasteiger partial charge in [-0.2, -0.15) is 0 Å². The molecule has 8 nitrogen and oxygen atoms in total. The molecule has 162 valence electrons. The van der Waals surface area contributed by atoms with Crippen molar-refractivity contribution < 1.29 is 27.5 Å². The molecule has 0 aliphatic rings. The average molecular weight is 435 g/mol. The maximum absolute atomic E-state index is 12.9. The van der Waals surface area contributed by atoms with Crippen molar-refractivity contribution in [2.24, 2.45) is 0 Å². The molecule has 0 bridgehead atoms. The van der Waals surface area contributed by atoms with Crippen molar-refractivity contribution in [3.8, 4) is 5.75 Å². The van der Waals surface area contributed by atoms with E-state index in [1.54, 1.807) is 50.2 Å². The van der Waals surface area contributed by atoms with E-state index in [9.17, 15) is 18.0 Å². The third kappa shape index (κ3) is 5.73. The maximum Gasteiger partial charge on any atom is 0.338 e. The molecule has 9 heteroatoms. The van der Waals surface area contributed by atoms with Crippen molar-refractivity contribution in [1.29, 1.82) is 0 Å². The average Bonchev–Trinajstić information content (AvgIpc) is 2.71. The normalized spacial score (nSPS) is 12.0. The van der Waals surface area contributed by atoms with Crippen molar-refractivity contribution in [2.75, 3.05) is 29.6 Å². The molecule has 0 saturated heterocycles.